The molecule has 0 saturated carbocycles. The lowest BCUT2D eigenvalue weighted by molar-refractivity contribution is -0.388. The van der Waals surface area contributed by atoms with Gasteiger partial charge in [-0.25, -0.2) is 4.79 Å². The van der Waals surface area contributed by atoms with E-state index in [0.717, 1.165) is 0 Å². The molecule has 0 spiro atoms. The Labute approximate surface area is 173 Å². The minimum Gasteiger partial charge on any atom is -0.403 e. The van der Waals surface area contributed by atoms with E-state index in [4.69, 9.17) is 0 Å². The minimum absolute atomic E-state index is 1.05. The van der Waals surface area contributed by atoms with Gasteiger partial charge < -0.3 is 9.47 Å². The van der Waals surface area contributed by atoms with Crippen LogP contribution in [0.5, 0.6) is 0 Å². The number of allylic oxidation sites excluding steroid dienone is 2. The first-order valence-electron chi connectivity index (χ1n) is 7.23. The van der Waals surface area contributed by atoms with Crippen LogP contribution in [-0.4, -0.2) is 54.0 Å². The highest BCUT2D eigenvalue weighted by atomic mass is 19.4. The summed E-state index contributed by atoms with van der Waals surface area (Å²) in [6, 6.07) is 0. The average molecular weight is 550 g/mol. The molecule has 0 fully saturated rings. The molecule has 0 aliphatic carbocycles. The van der Waals surface area contributed by atoms with Gasteiger partial charge in [0, 0.05) is 12.2 Å². The Morgan fingerprint density at radius 2 is 0.676 bits per heavy atom. The number of hydrogen-bond acceptors (Lipinski definition) is 3. The zero-order chi connectivity index (χ0) is 27.8. The van der Waals surface area contributed by atoms with Gasteiger partial charge in [0.15, 0.2) is 0 Å². The van der Waals surface area contributed by atoms with Gasteiger partial charge in [0.2, 0.25) is 0 Å². The van der Waals surface area contributed by atoms with Crippen molar-refractivity contribution in [2.24, 2.45) is 0 Å². The highest BCUT2D eigenvalue weighted by molar-refractivity contribution is 5.61. The number of halogens is 18. The molecule has 200 valence electrons. The zero-order valence-corrected chi connectivity index (χ0v) is 14.8. The molecule has 0 aliphatic heterocycles. The lowest BCUT2D eigenvalue weighted by atomic mass is 10.0. The van der Waals surface area contributed by atoms with E-state index in [1.54, 1.807) is 0 Å². The van der Waals surface area contributed by atoms with E-state index in [-0.39, 0.29) is 0 Å². The maximum atomic E-state index is 13.0. The summed E-state index contributed by atoms with van der Waals surface area (Å²) in [6.45, 7) is 0. The molecule has 34 heavy (non-hydrogen) atoms. The highest BCUT2D eigenvalue weighted by Gasteiger charge is 2.82. The van der Waals surface area contributed by atoms with Gasteiger partial charge in [-0.3, -0.25) is 0 Å². The maximum Gasteiger partial charge on any atom is 0.518 e. The number of hydrogen-bond donors (Lipinski definition) is 0. The average Bonchev–Trinajstić information content (AvgIpc) is 2.58. The quantitative estimate of drug-likeness (QED) is 0.184. The summed E-state index contributed by atoms with van der Waals surface area (Å²) in [4.78, 5) is 10.8. The van der Waals surface area contributed by atoms with Crippen molar-refractivity contribution in [2.75, 3.05) is 0 Å². The fourth-order valence-corrected chi connectivity index (χ4v) is 1.36. The first kappa shape index (κ1) is 31.5. The van der Waals surface area contributed by atoms with Crippen LogP contribution >= 0.6 is 0 Å². The van der Waals surface area contributed by atoms with Crippen LogP contribution in [0.3, 0.4) is 0 Å². The van der Waals surface area contributed by atoms with Crippen molar-refractivity contribution >= 4 is 6.16 Å². The predicted molar refractivity (Wildman–Crippen MR) is 67.6 cm³/mol. The molecule has 0 unspecified atom stereocenters. The van der Waals surface area contributed by atoms with Crippen LogP contribution in [0.25, 0.3) is 0 Å². The van der Waals surface area contributed by atoms with E-state index < -0.39 is 78.7 Å². The summed E-state index contributed by atoms with van der Waals surface area (Å²) >= 11 is 0. The Morgan fingerprint density at radius 3 is 0.882 bits per heavy atom. The molecule has 0 aromatic heterocycles. The van der Waals surface area contributed by atoms with E-state index >= 15 is 0 Å². The van der Waals surface area contributed by atoms with Crippen LogP contribution in [-0.2, 0) is 9.47 Å². The van der Waals surface area contributed by atoms with E-state index in [1.807, 2.05) is 0 Å². The van der Waals surface area contributed by atoms with Crippen molar-refractivity contribution in [2.45, 2.75) is 47.9 Å². The van der Waals surface area contributed by atoms with Crippen LogP contribution in [0.1, 0.15) is 0 Å². The van der Waals surface area contributed by atoms with Crippen molar-refractivity contribution in [1.29, 1.82) is 0 Å². The number of carbonyl (C=O) groups is 1. The Balaban J connectivity index is 5.39. The van der Waals surface area contributed by atoms with Crippen molar-refractivity contribution in [3.63, 3.8) is 0 Å². The third kappa shape index (κ3) is 5.58. The summed E-state index contributed by atoms with van der Waals surface area (Å²) in [5, 5.41) is 0. The predicted octanol–water partition coefficient (Wildman–Crippen LogP) is 7.10. The van der Waals surface area contributed by atoms with Gasteiger partial charge in [-0.15, -0.1) is 0 Å². The molecule has 0 bridgehead atoms. The summed E-state index contributed by atoms with van der Waals surface area (Å²) < 4.78 is 231. The van der Waals surface area contributed by atoms with Crippen molar-refractivity contribution in [3.8, 4) is 0 Å². The number of alkyl halides is 18. The Hall–Kier alpha value is -2.51. The van der Waals surface area contributed by atoms with Crippen LogP contribution in [0.15, 0.2) is 24.7 Å². The fourth-order valence-electron chi connectivity index (χ4n) is 1.36. The Morgan fingerprint density at radius 1 is 0.441 bits per heavy atom. The largest absolute Gasteiger partial charge is 0.518 e. The third-order valence-electron chi connectivity index (χ3n) is 3.22. The fraction of sp³-hybridized carbons (Fsp3) is 0.615. The number of rotatable bonds is 8. The molecule has 3 nitrogen and oxygen atoms in total. The molecular formula is C13H4F18O3. The molecule has 0 rings (SSSR count). The molecule has 0 N–H and O–H groups in total. The minimum atomic E-state index is -7.34. The van der Waals surface area contributed by atoms with Crippen LogP contribution < -0.4 is 0 Å². The van der Waals surface area contributed by atoms with E-state index in [2.05, 4.69) is 9.47 Å². The Kier molecular flexibility index (Phi) is 8.27. The number of ether oxygens (including phenoxy) is 2. The summed E-state index contributed by atoms with van der Waals surface area (Å²) in [5.41, 5.74) is 0. The summed E-state index contributed by atoms with van der Waals surface area (Å²) in [6.07, 6.45) is -22.4. The topological polar surface area (TPSA) is 35.5 Å². The molecule has 0 radical (unpaired) electrons. The molecule has 0 aromatic carbocycles. The zero-order valence-electron chi connectivity index (χ0n) is 14.8. The monoisotopic (exact) mass is 550 g/mol. The molecule has 0 heterocycles. The normalized spacial score (nSPS) is 15.8. The van der Waals surface area contributed by atoms with Gasteiger partial charge >= 0.3 is 54.0 Å². The standard InChI is InChI=1S/C13H4F18O3/c14-6(15,8(18,19)10(22,23)12(26,27)28)1-3-33-5(32)34-4-2-7(16,17)9(20,21)11(24,25)13(29,30)31/h1-4H. The van der Waals surface area contributed by atoms with Crippen molar-refractivity contribution in [1.82, 2.24) is 0 Å². The smallest absolute Gasteiger partial charge is 0.403 e. The summed E-state index contributed by atoms with van der Waals surface area (Å²) in [5.74, 6) is -41.9. The third-order valence-corrected chi connectivity index (χ3v) is 3.22. The van der Waals surface area contributed by atoms with E-state index in [1.165, 1.54) is 0 Å². The summed E-state index contributed by atoms with van der Waals surface area (Å²) in [7, 11) is 0. The van der Waals surface area contributed by atoms with Gasteiger partial charge in [-0.2, -0.15) is 79.0 Å². The molecule has 0 aliphatic rings. The van der Waals surface area contributed by atoms with Gasteiger partial charge in [0.25, 0.3) is 0 Å². The highest BCUT2D eigenvalue weighted by Crippen LogP contribution is 2.54. The lowest BCUT2D eigenvalue weighted by Crippen LogP contribution is -2.60. The number of carbonyl (C=O) groups excluding carboxylic acids is 1. The van der Waals surface area contributed by atoms with Gasteiger partial charge in [-0.05, 0) is 0 Å². The first-order chi connectivity index (χ1) is 14.6. The molecule has 0 saturated heterocycles. The molecular weight excluding hydrogens is 546 g/mol. The molecule has 21 heteroatoms. The molecule has 0 amide bonds. The second-order valence-electron chi connectivity index (χ2n) is 5.63. The van der Waals surface area contributed by atoms with Gasteiger partial charge in [0.1, 0.15) is 12.5 Å². The SMILES string of the molecule is O=C(OC=CC(F)(F)C(F)(F)C(F)(F)C(F)(F)F)OC=CC(F)(F)C(F)(F)C(F)(F)C(F)(F)F. The lowest BCUT2D eigenvalue weighted by Gasteiger charge is -2.32. The molecule has 0 atom stereocenters. The van der Waals surface area contributed by atoms with Crippen molar-refractivity contribution < 1.29 is 93.3 Å². The second-order valence-corrected chi connectivity index (χ2v) is 5.63. The van der Waals surface area contributed by atoms with Crippen LogP contribution in [0.2, 0.25) is 0 Å². The van der Waals surface area contributed by atoms with Crippen molar-refractivity contribution in [3.05, 3.63) is 24.7 Å². The van der Waals surface area contributed by atoms with Crippen LogP contribution in [0.4, 0.5) is 83.8 Å². The van der Waals surface area contributed by atoms with E-state index in [0.29, 0.717) is 0 Å². The van der Waals surface area contributed by atoms with E-state index in [9.17, 15) is 83.8 Å². The Bertz CT molecular complexity index is 724. The second kappa shape index (κ2) is 8.93. The first-order valence-corrected chi connectivity index (χ1v) is 7.23. The maximum absolute atomic E-state index is 13.0. The van der Waals surface area contributed by atoms with Crippen LogP contribution in [0, 0.1) is 0 Å². The van der Waals surface area contributed by atoms with Gasteiger partial charge in [-0.1, -0.05) is 0 Å². The van der Waals surface area contributed by atoms with Gasteiger partial charge in [0.05, 0.1) is 0 Å². The molecule has 0 aromatic rings.